The van der Waals surface area contributed by atoms with Crippen molar-refractivity contribution in [1.82, 2.24) is 4.90 Å². The topological polar surface area (TPSA) is 70.2 Å². The highest BCUT2D eigenvalue weighted by atomic mass is 16.6. The fourth-order valence-electron chi connectivity index (χ4n) is 1.66. The monoisotopic (exact) mass is 245 g/mol. The van der Waals surface area contributed by atoms with E-state index in [0.29, 0.717) is 5.84 Å². The standard InChI is InChI=1S/C8H15N3O2.2C2H6/c1-7(9)10-4-2-8(3-5-10)6-11(12)13;2*1-2/h8-9H,2-6H2,1H3;2*1-2H3. The molecule has 0 bridgehead atoms. The van der Waals surface area contributed by atoms with Crippen molar-refractivity contribution in [3.8, 4) is 0 Å². The molecule has 1 aliphatic rings. The van der Waals surface area contributed by atoms with Crippen LogP contribution in [0.1, 0.15) is 47.5 Å². The molecule has 102 valence electrons. The molecule has 0 saturated carbocycles. The molecule has 0 aromatic heterocycles. The van der Waals surface area contributed by atoms with E-state index in [-0.39, 0.29) is 17.4 Å². The van der Waals surface area contributed by atoms with Gasteiger partial charge in [0.1, 0.15) is 0 Å². The molecule has 0 aromatic carbocycles. The van der Waals surface area contributed by atoms with Gasteiger partial charge in [-0.05, 0) is 19.8 Å². The van der Waals surface area contributed by atoms with Crippen LogP contribution in [0.4, 0.5) is 0 Å². The van der Waals surface area contributed by atoms with Crippen molar-refractivity contribution < 1.29 is 4.92 Å². The van der Waals surface area contributed by atoms with E-state index in [1.165, 1.54) is 0 Å². The van der Waals surface area contributed by atoms with Gasteiger partial charge in [-0.1, -0.05) is 27.7 Å². The lowest BCUT2D eigenvalue weighted by Gasteiger charge is -2.30. The molecular weight excluding hydrogens is 218 g/mol. The van der Waals surface area contributed by atoms with E-state index in [2.05, 4.69) is 0 Å². The highest BCUT2D eigenvalue weighted by Gasteiger charge is 2.22. The molecule has 1 saturated heterocycles. The van der Waals surface area contributed by atoms with Crippen molar-refractivity contribution in [2.75, 3.05) is 19.6 Å². The Morgan fingerprint density at radius 2 is 1.71 bits per heavy atom. The second kappa shape index (κ2) is 11.4. The first kappa shape index (κ1) is 18.2. The highest BCUT2D eigenvalue weighted by molar-refractivity contribution is 5.76. The van der Waals surface area contributed by atoms with Crippen LogP contribution in [0.5, 0.6) is 0 Å². The number of rotatable bonds is 2. The van der Waals surface area contributed by atoms with E-state index < -0.39 is 0 Å². The van der Waals surface area contributed by atoms with Crippen molar-refractivity contribution in [2.24, 2.45) is 5.92 Å². The van der Waals surface area contributed by atoms with Crippen LogP contribution in [0.25, 0.3) is 0 Å². The highest BCUT2D eigenvalue weighted by Crippen LogP contribution is 2.16. The molecule has 1 fully saturated rings. The van der Waals surface area contributed by atoms with E-state index in [1.807, 2.05) is 32.6 Å². The van der Waals surface area contributed by atoms with Crippen molar-refractivity contribution >= 4 is 5.84 Å². The predicted molar refractivity (Wildman–Crippen MR) is 72.3 cm³/mol. The number of piperidine rings is 1. The summed E-state index contributed by atoms with van der Waals surface area (Å²) < 4.78 is 0. The number of likely N-dealkylation sites (tertiary alicyclic amines) is 1. The number of nitro groups is 1. The number of nitrogens with zero attached hydrogens (tertiary/aromatic N) is 2. The molecule has 5 heteroatoms. The Bertz CT molecular complexity index is 212. The molecule has 0 amide bonds. The molecule has 0 unspecified atom stereocenters. The Morgan fingerprint density at radius 3 is 2.00 bits per heavy atom. The summed E-state index contributed by atoms with van der Waals surface area (Å²) in [5, 5.41) is 17.6. The maximum absolute atomic E-state index is 10.2. The first-order valence-electron chi connectivity index (χ1n) is 6.51. The molecule has 1 aliphatic heterocycles. The minimum Gasteiger partial charge on any atom is -0.361 e. The maximum Gasteiger partial charge on any atom is 0.206 e. The zero-order chi connectivity index (χ0) is 13.8. The number of nitrogens with one attached hydrogen (secondary N) is 1. The van der Waals surface area contributed by atoms with E-state index in [0.717, 1.165) is 25.9 Å². The molecule has 1 rings (SSSR count). The largest absolute Gasteiger partial charge is 0.361 e. The molecule has 1 heterocycles. The van der Waals surface area contributed by atoms with Gasteiger partial charge in [-0.3, -0.25) is 15.5 Å². The number of hydrogen-bond acceptors (Lipinski definition) is 3. The minimum absolute atomic E-state index is 0.0882. The lowest BCUT2D eigenvalue weighted by Crippen LogP contribution is -2.38. The molecule has 0 aromatic rings. The lowest BCUT2D eigenvalue weighted by molar-refractivity contribution is -0.489. The Balaban J connectivity index is 0. The molecule has 17 heavy (non-hydrogen) atoms. The van der Waals surface area contributed by atoms with Gasteiger partial charge in [0.2, 0.25) is 6.54 Å². The third-order valence-corrected chi connectivity index (χ3v) is 2.50. The summed E-state index contributed by atoms with van der Waals surface area (Å²) in [5.41, 5.74) is 0. The van der Waals surface area contributed by atoms with Gasteiger partial charge in [0.15, 0.2) is 0 Å². The summed E-state index contributed by atoms with van der Waals surface area (Å²) >= 11 is 0. The molecule has 0 radical (unpaired) electrons. The first-order chi connectivity index (χ1) is 8.09. The van der Waals surface area contributed by atoms with Crippen LogP contribution in [-0.4, -0.2) is 35.3 Å². The second-order valence-electron chi connectivity index (χ2n) is 3.53. The third-order valence-electron chi connectivity index (χ3n) is 2.50. The van der Waals surface area contributed by atoms with Crippen LogP contribution >= 0.6 is 0 Å². The Morgan fingerprint density at radius 1 is 1.29 bits per heavy atom. The van der Waals surface area contributed by atoms with Gasteiger partial charge in [-0.15, -0.1) is 0 Å². The molecule has 1 N–H and O–H groups in total. The van der Waals surface area contributed by atoms with Gasteiger partial charge in [0.25, 0.3) is 0 Å². The first-order valence-corrected chi connectivity index (χ1v) is 6.51. The van der Waals surface area contributed by atoms with Crippen molar-refractivity contribution in [2.45, 2.75) is 47.5 Å². The van der Waals surface area contributed by atoms with E-state index in [4.69, 9.17) is 5.41 Å². The van der Waals surface area contributed by atoms with Crippen LogP contribution in [0.15, 0.2) is 0 Å². The van der Waals surface area contributed by atoms with Crippen molar-refractivity contribution in [1.29, 1.82) is 5.41 Å². The Kier molecular flexibility index (Phi) is 12.2. The second-order valence-corrected chi connectivity index (χ2v) is 3.53. The predicted octanol–water partition coefficient (Wildman–Crippen LogP) is 3.02. The quantitative estimate of drug-likeness (QED) is 0.352. The summed E-state index contributed by atoms with van der Waals surface area (Å²) in [6.07, 6.45) is 1.69. The van der Waals surface area contributed by atoms with Gasteiger partial charge in [-0.25, -0.2) is 0 Å². The average molecular weight is 245 g/mol. The molecule has 5 nitrogen and oxygen atoms in total. The summed E-state index contributed by atoms with van der Waals surface area (Å²) in [6.45, 7) is 11.4. The average Bonchev–Trinajstić information content (AvgIpc) is 2.34. The number of amidine groups is 1. The summed E-state index contributed by atoms with van der Waals surface area (Å²) in [7, 11) is 0. The number of hydrogen-bond donors (Lipinski definition) is 1. The fraction of sp³-hybridized carbons (Fsp3) is 0.917. The van der Waals surface area contributed by atoms with Gasteiger partial charge in [0, 0.05) is 23.9 Å². The van der Waals surface area contributed by atoms with Crippen LogP contribution < -0.4 is 0 Å². The van der Waals surface area contributed by atoms with E-state index >= 15 is 0 Å². The molecule has 0 aliphatic carbocycles. The van der Waals surface area contributed by atoms with Gasteiger partial charge in [-0.2, -0.15) is 0 Å². The van der Waals surface area contributed by atoms with Gasteiger partial charge < -0.3 is 4.90 Å². The smallest absolute Gasteiger partial charge is 0.206 e. The SMILES string of the molecule is CC.CC.CC(=N)N1CCC(C[N+](=O)[O-])CC1. The van der Waals surface area contributed by atoms with Crippen LogP contribution in [0, 0.1) is 21.4 Å². The Labute approximate surface area is 105 Å². The van der Waals surface area contributed by atoms with Crippen LogP contribution in [0.3, 0.4) is 0 Å². The minimum atomic E-state index is -0.238. The zero-order valence-corrected chi connectivity index (χ0v) is 11.8. The Hall–Kier alpha value is -1.13. The molecular formula is C12H27N3O2. The zero-order valence-electron chi connectivity index (χ0n) is 11.8. The van der Waals surface area contributed by atoms with Crippen LogP contribution in [-0.2, 0) is 0 Å². The van der Waals surface area contributed by atoms with Gasteiger partial charge >= 0.3 is 0 Å². The normalized spacial score (nSPS) is 15.0. The van der Waals surface area contributed by atoms with Crippen molar-refractivity contribution in [3.63, 3.8) is 0 Å². The summed E-state index contributed by atoms with van der Waals surface area (Å²) in [5.74, 6) is 0.783. The lowest BCUT2D eigenvalue weighted by atomic mass is 9.97. The summed E-state index contributed by atoms with van der Waals surface area (Å²) in [6, 6.07) is 0. The van der Waals surface area contributed by atoms with E-state index in [1.54, 1.807) is 6.92 Å². The fourth-order valence-corrected chi connectivity index (χ4v) is 1.66. The van der Waals surface area contributed by atoms with E-state index in [9.17, 15) is 10.1 Å². The molecule has 0 atom stereocenters. The van der Waals surface area contributed by atoms with Crippen LogP contribution in [0.2, 0.25) is 0 Å². The summed E-state index contributed by atoms with van der Waals surface area (Å²) in [4.78, 5) is 12.0. The van der Waals surface area contributed by atoms with Gasteiger partial charge in [0.05, 0.1) is 5.84 Å². The third kappa shape index (κ3) is 8.65. The maximum atomic E-state index is 10.2. The van der Waals surface area contributed by atoms with Crippen molar-refractivity contribution in [3.05, 3.63) is 10.1 Å². The molecule has 0 spiro atoms.